The highest BCUT2D eigenvalue weighted by Gasteiger charge is 2.14. The van der Waals surface area contributed by atoms with E-state index >= 15 is 0 Å². The van der Waals surface area contributed by atoms with Crippen LogP contribution in [-0.2, 0) is 16.1 Å². The first-order chi connectivity index (χ1) is 12.5. The van der Waals surface area contributed by atoms with Gasteiger partial charge >= 0.3 is 5.97 Å². The van der Waals surface area contributed by atoms with Gasteiger partial charge < -0.3 is 9.15 Å². The Bertz CT molecular complexity index is 873. The molecule has 0 saturated heterocycles. The van der Waals surface area contributed by atoms with Crippen LogP contribution in [-0.4, -0.2) is 11.0 Å². The maximum atomic E-state index is 12.9. The third-order valence-electron chi connectivity index (χ3n) is 3.95. The topological polar surface area (TPSA) is 52.3 Å². The summed E-state index contributed by atoms with van der Waals surface area (Å²) >= 11 is 0. The lowest BCUT2D eigenvalue weighted by atomic mass is 9.98. The molecule has 0 bridgehead atoms. The molecular formula is C20H17F2NO3. The number of esters is 1. The van der Waals surface area contributed by atoms with Crippen LogP contribution in [0.3, 0.4) is 0 Å². The van der Waals surface area contributed by atoms with Crippen LogP contribution in [0.2, 0.25) is 0 Å². The first-order valence-corrected chi connectivity index (χ1v) is 8.13. The molecule has 1 unspecified atom stereocenters. The molecule has 0 N–H and O–H groups in total. The molecule has 1 atom stereocenters. The van der Waals surface area contributed by atoms with Gasteiger partial charge in [-0.2, -0.15) is 0 Å². The quantitative estimate of drug-likeness (QED) is 0.592. The zero-order chi connectivity index (χ0) is 18.5. The second-order valence-corrected chi connectivity index (χ2v) is 5.94. The van der Waals surface area contributed by atoms with Crippen molar-refractivity contribution < 1.29 is 22.7 Å². The molecule has 0 fully saturated rings. The van der Waals surface area contributed by atoms with E-state index in [1.54, 1.807) is 24.3 Å². The smallest absolute Gasteiger partial charge is 0.306 e. The van der Waals surface area contributed by atoms with Gasteiger partial charge in [-0.25, -0.2) is 13.8 Å². The van der Waals surface area contributed by atoms with Crippen molar-refractivity contribution in [2.24, 2.45) is 0 Å². The van der Waals surface area contributed by atoms with Crippen molar-refractivity contribution in [2.45, 2.75) is 25.9 Å². The summed E-state index contributed by atoms with van der Waals surface area (Å²) in [6, 6.07) is 11.8. The Morgan fingerprint density at radius 3 is 2.35 bits per heavy atom. The minimum absolute atomic E-state index is 0.0871. The van der Waals surface area contributed by atoms with Crippen LogP contribution in [0.25, 0.3) is 11.3 Å². The van der Waals surface area contributed by atoms with Crippen molar-refractivity contribution >= 4 is 5.97 Å². The van der Waals surface area contributed by atoms with E-state index in [2.05, 4.69) is 4.98 Å². The van der Waals surface area contributed by atoms with Crippen molar-refractivity contribution in [3.8, 4) is 11.3 Å². The summed E-state index contributed by atoms with van der Waals surface area (Å²) < 4.78 is 36.6. The lowest BCUT2D eigenvalue weighted by Crippen LogP contribution is -2.09. The molecular weight excluding hydrogens is 340 g/mol. The third kappa shape index (κ3) is 4.53. The monoisotopic (exact) mass is 357 g/mol. The Balaban J connectivity index is 1.53. The standard InChI is InChI=1S/C20H17F2NO3/c1-13(14-2-6-16(21)7-3-14)10-20(24)25-12-19-23-11-18(26-19)15-4-8-17(22)9-5-15/h2-9,11,13H,10,12H2,1H3. The summed E-state index contributed by atoms with van der Waals surface area (Å²) in [5, 5.41) is 0. The highest BCUT2D eigenvalue weighted by atomic mass is 19.1. The molecule has 0 radical (unpaired) electrons. The Labute approximate surface area is 149 Å². The fourth-order valence-electron chi connectivity index (χ4n) is 2.48. The molecule has 1 heterocycles. The number of nitrogens with zero attached hydrogens (tertiary/aromatic N) is 1. The van der Waals surface area contributed by atoms with Crippen LogP contribution in [0.5, 0.6) is 0 Å². The van der Waals surface area contributed by atoms with Crippen LogP contribution >= 0.6 is 0 Å². The Hall–Kier alpha value is -3.02. The number of aromatic nitrogens is 1. The second kappa shape index (κ2) is 7.91. The van der Waals surface area contributed by atoms with E-state index in [-0.39, 0.29) is 36.5 Å². The number of oxazole rings is 1. The van der Waals surface area contributed by atoms with Gasteiger partial charge in [-0.1, -0.05) is 19.1 Å². The van der Waals surface area contributed by atoms with E-state index < -0.39 is 5.97 Å². The number of ether oxygens (including phenoxy) is 1. The molecule has 0 aliphatic heterocycles. The number of halogens is 2. The average Bonchev–Trinajstić information content (AvgIpc) is 3.10. The van der Waals surface area contributed by atoms with Gasteiger partial charge in [-0.05, 0) is 47.9 Å². The summed E-state index contributed by atoms with van der Waals surface area (Å²) in [4.78, 5) is 16.0. The fraction of sp³-hybridized carbons (Fsp3) is 0.200. The highest BCUT2D eigenvalue weighted by molar-refractivity contribution is 5.70. The summed E-state index contributed by atoms with van der Waals surface area (Å²) in [6.07, 6.45) is 1.66. The molecule has 0 aliphatic carbocycles. The van der Waals surface area contributed by atoms with Crippen molar-refractivity contribution in [2.75, 3.05) is 0 Å². The van der Waals surface area contributed by atoms with Gasteiger partial charge in [-0.15, -0.1) is 0 Å². The predicted molar refractivity (Wildman–Crippen MR) is 91.1 cm³/mol. The van der Waals surface area contributed by atoms with E-state index in [0.717, 1.165) is 5.56 Å². The Kier molecular flexibility index (Phi) is 5.41. The molecule has 0 amide bonds. The highest BCUT2D eigenvalue weighted by Crippen LogP contribution is 2.22. The van der Waals surface area contributed by atoms with Crippen molar-refractivity contribution in [1.29, 1.82) is 0 Å². The SMILES string of the molecule is CC(CC(=O)OCc1ncc(-c2ccc(F)cc2)o1)c1ccc(F)cc1. The normalized spacial score (nSPS) is 12.0. The molecule has 3 aromatic rings. The number of rotatable bonds is 6. The summed E-state index contributed by atoms with van der Waals surface area (Å²) in [5.41, 5.74) is 1.54. The molecule has 3 rings (SSSR count). The lowest BCUT2D eigenvalue weighted by Gasteiger charge is -2.10. The molecule has 4 nitrogen and oxygen atoms in total. The van der Waals surface area contributed by atoms with Crippen LogP contribution in [0.15, 0.2) is 59.1 Å². The first-order valence-electron chi connectivity index (χ1n) is 8.13. The van der Waals surface area contributed by atoms with E-state index in [1.807, 2.05) is 6.92 Å². The Morgan fingerprint density at radius 2 is 1.69 bits per heavy atom. The summed E-state index contributed by atoms with van der Waals surface area (Å²) in [5.74, 6) is -0.421. The van der Waals surface area contributed by atoms with Crippen LogP contribution in [0.4, 0.5) is 8.78 Å². The van der Waals surface area contributed by atoms with Gasteiger partial charge in [0.05, 0.1) is 12.6 Å². The maximum absolute atomic E-state index is 12.9. The molecule has 0 spiro atoms. The molecule has 26 heavy (non-hydrogen) atoms. The predicted octanol–water partition coefficient (Wildman–Crippen LogP) is 4.86. The van der Waals surface area contributed by atoms with Crippen molar-refractivity contribution in [3.63, 3.8) is 0 Å². The maximum Gasteiger partial charge on any atom is 0.306 e. The van der Waals surface area contributed by atoms with Crippen molar-refractivity contribution in [1.82, 2.24) is 4.98 Å². The molecule has 6 heteroatoms. The number of carbonyl (C=O) groups excluding carboxylic acids is 1. The Morgan fingerprint density at radius 1 is 1.08 bits per heavy atom. The third-order valence-corrected chi connectivity index (χ3v) is 3.95. The van der Waals surface area contributed by atoms with Gasteiger partial charge in [0, 0.05) is 5.56 Å². The number of carbonyl (C=O) groups is 1. The minimum atomic E-state index is -0.400. The average molecular weight is 357 g/mol. The van der Waals surface area contributed by atoms with Gasteiger partial charge in [0.2, 0.25) is 5.89 Å². The van der Waals surface area contributed by atoms with Crippen LogP contribution < -0.4 is 0 Å². The summed E-state index contributed by atoms with van der Waals surface area (Å²) in [6.45, 7) is 1.78. The van der Waals surface area contributed by atoms with E-state index in [1.165, 1.54) is 30.5 Å². The number of benzene rings is 2. The minimum Gasteiger partial charge on any atom is -0.456 e. The van der Waals surface area contributed by atoms with Gasteiger partial charge in [0.15, 0.2) is 12.4 Å². The van der Waals surface area contributed by atoms with Gasteiger partial charge in [0.1, 0.15) is 11.6 Å². The van der Waals surface area contributed by atoms with Gasteiger partial charge in [-0.3, -0.25) is 4.79 Å². The molecule has 2 aromatic carbocycles. The fourth-order valence-corrected chi connectivity index (χ4v) is 2.48. The molecule has 0 aliphatic rings. The first kappa shape index (κ1) is 17.8. The number of hydrogen-bond donors (Lipinski definition) is 0. The molecule has 134 valence electrons. The zero-order valence-corrected chi connectivity index (χ0v) is 14.1. The lowest BCUT2D eigenvalue weighted by molar-refractivity contribution is -0.146. The van der Waals surface area contributed by atoms with E-state index in [9.17, 15) is 13.6 Å². The van der Waals surface area contributed by atoms with Crippen LogP contribution in [0.1, 0.15) is 30.7 Å². The zero-order valence-electron chi connectivity index (χ0n) is 14.1. The molecule has 1 aromatic heterocycles. The van der Waals surface area contributed by atoms with E-state index in [4.69, 9.17) is 9.15 Å². The number of hydrogen-bond acceptors (Lipinski definition) is 4. The van der Waals surface area contributed by atoms with E-state index in [0.29, 0.717) is 11.3 Å². The summed E-state index contributed by atoms with van der Waals surface area (Å²) in [7, 11) is 0. The largest absolute Gasteiger partial charge is 0.456 e. The second-order valence-electron chi connectivity index (χ2n) is 5.94. The van der Waals surface area contributed by atoms with Crippen LogP contribution in [0, 0.1) is 11.6 Å². The molecule has 0 saturated carbocycles. The van der Waals surface area contributed by atoms with Gasteiger partial charge in [0.25, 0.3) is 0 Å². The van der Waals surface area contributed by atoms with Crippen molar-refractivity contribution in [3.05, 3.63) is 77.8 Å².